The summed E-state index contributed by atoms with van der Waals surface area (Å²) in [6.45, 7) is 0. The summed E-state index contributed by atoms with van der Waals surface area (Å²) in [4.78, 5) is 11.7. The highest BCUT2D eigenvalue weighted by atomic mass is 32.1. The molecule has 0 saturated carbocycles. The Morgan fingerprint density at radius 1 is 0.957 bits per heavy atom. The predicted molar refractivity (Wildman–Crippen MR) is 96.6 cm³/mol. The van der Waals surface area contributed by atoms with Gasteiger partial charge in [-0.05, 0) is 40.8 Å². The van der Waals surface area contributed by atoms with Crippen molar-refractivity contribution >= 4 is 48.4 Å². The minimum atomic E-state index is 0.548. The minimum Gasteiger partial charge on any atom is -0.382 e. The van der Waals surface area contributed by atoms with Crippen LogP contribution in [0.5, 0.6) is 0 Å². The first-order valence-corrected chi connectivity index (χ1v) is 8.11. The van der Waals surface area contributed by atoms with Crippen LogP contribution in [0.25, 0.3) is 42.3 Å². The van der Waals surface area contributed by atoms with Crippen LogP contribution in [0.2, 0.25) is 0 Å². The van der Waals surface area contributed by atoms with Crippen LogP contribution in [-0.4, -0.2) is 15.0 Å². The van der Waals surface area contributed by atoms with Gasteiger partial charge in [-0.2, -0.15) is 0 Å². The number of fused-ring (bicyclic) bond motifs is 4. The number of aromatic amines is 1. The van der Waals surface area contributed by atoms with Crippen LogP contribution < -0.4 is 5.73 Å². The monoisotopic (exact) mass is 316 g/mol. The maximum Gasteiger partial charge on any atom is 0.144 e. The second-order valence-electron chi connectivity index (χ2n) is 5.53. The highest BCUT2D eigenvalue weighted by Crippen LogP contribution is 2.37. The second-order valence-corrected chi connectivity index (χ2v) is 6.58. The molecule has 0 spiro atoms. The molecule has 3 N–H and O–H groups in total. The smallest absolute Gasteiger partial charge is 0.144 e. The SMILES string of the molecule is Nc1ncnc2c1sc1cc(-c3ccc4[nH]ccc4c3)ccc12. The molecule has 0 aliphatic rings. The first-order chi connectivity index (χ1) is 11.3. The molecule has 5 rings (SSSR count). The zero-order valence-electron chi connectivity index (χ0n) is 12.1. The van der Waals surface area contributed by atoms with E-state index in [1.165, 1.54) is 27.5 Å². The van der Waals surface area contributed by atoms with Crippen LogP contribution in [0, 0.1) is 0 Å². The van der Waals surface area contributed by atoms with E-state index in [2.05, 4.69) is 57.4 Å². The molecule has 0 amide bonds. The molecule has 0 aliphatic heterocycles. The fourth-order valence-corrected chi connectivity index (χ4v) is 4.10. The highest BCUT2D eigenvalue weighted by Gasteiger charge is 2.10. The Morgan fingerprint density at radius 3 is 2.78 bits per heavy atom. The van der Waals surface area contributed by atoms with Gasteiger partial charge in [0.05, 0.1) is 10.2 Å². The number of thiophene rings is 1. The average molecular weight is 316 g/mol. The Balaban J connectivity index is 1.75. The molecular formula is C18H12N4S. The van der Waals surface area contributed by atoms with E-state index in [0.29, 0.717) is 5.82 Å². The zero-order chi connectivity index (χ0) is 15.4. The Hall–Kier alpha value is -2.92. The standard InChI is InChI=1S/C18H12N4S/c19-18-17-16(21-9-22-18)13-3-1-11(8-15(13)23-17)10-2-4-14-12(7-10)5-6-20-14/h1-9,20H,(H2,19,21,22). The molecule has 3 heterocycles. The van der Waals surface area contributed by atoms with Crippen molar-refractivity contribution in [1.82, 2.24) is 15.0 Å². The second kappa shape index (κ2) is 4.54. The lowest BCUT2D eigenvalue weighted by Gasteiger charge is -2.02. The highest BCUT2D eigenvalue weighted by molar-refractivity contribution is 7.26. The van der Waals surface area contributed by atoms with Crippen LogP contribution >= 0.6 is 11.3 Å². The molecule has 23 heavy (non-hydrogen) atoms. The van der Waals surface area contributed by atoms with Crippen LogP contribution in [0.4, 0.5) is 5.82 Å². The van der Waals surface area contributed by atoms with E-state index in [4.69, 9.17) is 5.73 Å². The molecule has 5 aromatic rings. The quantitative estimate of drug-likeness (QED) is 0.476. The molecule has 2 aromatic carbocycles. The zero-order valence-corrected chi connectivity index (χ0v) is 12.9. The predicted octanol–water partition coefficient (Wildman–Crippen LogP) is 4.58. The van der Waals surface area contributed by atoms with Gasteiger partial charge in [-0.3, -0.25) is 0 Å². The van der Waals surface area contributed by atoms with Crippen LogP contribution in [-0.2, 0) is 0 Å². The first kappa shape index (κ1) is 12.6. The fraction of sp³-hybridized carbons (Fsp3) is 0. The van der Waals surface area contributed by atoms with Gasteiger partial charge in [-0.1, -0.05) is 18.2 Å². The number of rotatable bonds is 1. The lowest BCUT2D eigenvalue weighted by Crippen LogP contribution is -1.89. The van der Waals surface area contributed by atoms with Crippen molar-refractivity contribution in [2.75, 3.05) is 5.73 Å². The number of nitrogen functional groups attached to an aromatic ring is 1. The Kier molecular flexibility index (Phi) is 2.49. The number of nitrogens with zero attached hydrogens (tertiary/aromatic N) is 2. The molecule has 0 radical (unpaired) electrons. The van der Waals surface area contributed by atoms with Gasteiger partial charge in [-0.25, -0.2) is 9.97 Å². The third kappa shape index (κ3) is 1.83. The van der Waals surface area contributed by atoms with E-state index in [0.717, 1.165) is 21.1 Å². The van der Waals surface area contributed by atoms with Crippen molar-refractivity contribution in [3.63, 3.8) is 0 Å². The van der Waals surface area contributed by atoms with Crippen molar-refractivity contribution in [1.29, 1.82) is 0 Å². The molecule has 0 saturated heterocycles. The molecule has 0 unspecified atom stereocenters. The van der Waals surface area contributed by atoms with E-state index < -0.39 is 0 Å². The average Bonchev–Trinajstić information content (AvgIpc) is 3.18. The third-order valence-electron chi connectivity index (χ3n) is 4.17. The molecule has 4 nitrogen and oxygen atoms in total. The number of nitrogens with two attached hydrogens (primary N) is 1. The normalized spacial score (nSPS) is 11.7. The molecule has 0 bridgehead atoms. The largest absolute Gasteiger partial charge is 0.382 e. The summed E-state index contributed by atoms with van der Waals surface area (Å²) in [5.74, 6) is 0.548. The summed E-state index contributed by atoms with van der Waals surface area (Å²) in [6.07, 6.45) is 3.49. The Bertz CT molecular complexity index is 1190. The van der Waals surface area contributed by atoms with Crippen molar-refractivity contribution < 1.29 is 0 Å². The lowest BCUT2D eigenvalue weighted by molar-refractivity contribution is 1.24. The summed E-state index contributed by atoms with van der Waals surface area (Å²) < 4.78 is 2.14. The Labute approximate surface area is 135 Å². The summed E-state index contributed by atoms with van der Waals surface area (Å²) >= 11 is 1.65. The molecule has 0 aliphatic carbocycles. The van der Waals surface area contributed by atoms with Crippen LogP contribution in [0.1, 0.15) is 0 Å². The number of hydrogen-bond acceptors (Lipinski definition) is 4. The number of aromatic nitrogens is 3. The summed E-state index contributed by atoms with van der Waals surface area (Å²) in [7, 11) is 0. The number of anilines is 1. The van der Waals surface area contributed by atoms with E-state index >= 15 is 0 Å². The van der Waals surface area contributed by atoms with Gasteiger partial charge in [0.15, 0.2) is 0 Å². The topological polar surface area (TPSA) is 67.6 Å². The van der Waals surface area contributed by atoms with Crippen molar-refractivity contribution in [3.8, 4) is 11.1 Å². The van der Waals surface area contributed by atoms with Crippen molar-refractivity contribution in [2.24, 2.45) is 0 Å². The maximum absolute atomic E-state index is 5.98. The molecule has 0 atom stereocenters. The van der Waals surface area contributed by atoms with E-state index in [9.17, 15) is 0 Å². The van der Waals surface area contributed by atoms with Gasteiger partial charge in [-0.15, -0.1) is 11.3 Å². The molecule has 110 valence electrons. The van der Waals surface area contributed by atoms with Gasteiger partial charge < -0.3 is 10.7 Å². The van der Waals surface area contributed by atoms with Gasteiger partial charge >= 0.3 is 0 Å². The Morgan fingerprint density at radius 2 is 1.83 bits per heavy atom. The first-order valence-electron chi connectivity index (χ1n) is 7.30. The van der Waals surface area contributed by atoms with E-state index in [-0.39, 0.29) is 0 Å². The molecule has 3 aromatic heterocycles. The van der Waals surface area contributed by atoms with Gasteiger partial charge in [0.1, 0.15) is 12.1 Å². The molecular weight excluding hydrogens is 304 g/mol. The fourth-order valence-electron chi connectivity index (χ4n) is 3.00. The van der Waals surface area contributed by atoms with E-state index in [1.54, 1.807) is 11.3 Å². The van der Waals surface area contributed by atoms with Crippen molar-refractivity contribution in [3.05, 3.63) is 55.0 Å². The minimum absolute atomic E-state index is 0.548. The number of hydrogen-bond donors (Lipinski definition) is 2. The number of H-pyrrole nitrogens is 1. The summed E-state index contributed by atoms with van der Waals surface area (Å²) in [5.41, 5.74) is 10.5. The number of benzene rings is 2. The molecule has 5 heteroatoms. The van der Waals surface area contributed by atoms with Crippen molar-refractivity contribution in [2.45, 2.75) is 0 Å². The lowest BCUT2D eigenvalue weighted by atomic mass is 10.0. The summed E-state index contributed by atoms with van der Waals surface area (Å²) in [6, 6.07) is 15.0. The van der Waals surface area contributed by atoms with Gasteiger partial charge in [0, 0.05) is 21.8 Å². The molecule has 0 fully saturated rings. The summed E-state index contributed by atoms with van der Waals surface area (Å²) in [5, 5.41) is 2.35. The van der Waals surface area contributed by atoms with Gasteiger partial charge in [0.25, 0.3) is 0 Å². The van der Waals surface area contributed by atoms with E-state index in [1.807, 2.05) is 6.20 Å². The third-order valence-corrected chi connectivity index (χ3v) is 5.33. The van der Waals surface area contributed by atoms with Gasteiger partial charge in [0.2, 0.25) is 0 Å². The maximum atomic E-state index is 5.98. The van der Waals surface area contributed by atoms with Crippen LogP contribution in [0.3, 0.4) is 0 Å². The van der Waals surface area contributed by atoms with Crippen LogP contribution in [0.15, 0.2) is 55.0 Å². The number of nitrogens with one attached hydrogen (secondary N) is 1.